The van der Waals surface area contributed by atoms with Crippen molar-refractivity contribution in [2.45, 2.75) is 38.1 Å². The molecule has 0 radical (unpaired) electrons. The molecule has 1 atom stereocenters. The van der Waals surface area contributed by atoms with Gasteiger partial charge in [-0.05, 0) is 49.9 Å². The first kappa shape index (κ1) is 17.6. The number of benzene rings is 1. The summed E-state index contributed by atoms with van der Waals surface area (Å²) in [6.45, 7) is 2.79. The van der Waals surface area contributed by atoms with Crippen molar-refractivity contribution in [1.82, 2.24) is 20.4 Å². The van der Waals surface area contributed by atoms with E-state index in [0.717, 1.165) is 25.2 Å². The van der Waals surface area contributed by atoms with E-state index in [1.165, 1.54) is 12.5 Å². The number of piperidine rings is 1. The summed E-state index contributed by atoms with van der Waals surface area (Å²) < 4.78 is 15.2. The van der Waals surface area contributed by atoms with Crippen LogP contribution in [0.4, 0.5) is 4.39 Å². The van der Waals surface area contributed by atoms with Crippen LogP contribution in [-0.2, 0) is 17.8 Å². The summed E-state index contributed by atoms with van der Waals surface area (Å²) in [5.41, 5.74) is 1.74. The number of amides is 1. The molecule has 1 aromatic carbocycles. The summed E-state index contributed by atoms with van der Waals surface area (Å²) in [5.74, 6) is 0.193. The highest BCUT2D eigenvalue weighted by Gasteiger charge is 2.17. The van der Waals surface area contributed by atoms with Gasteiger partial charge in [-0.1, -0.05) is 18.2 Å². The van der Waals surface area contributed by atoms with Gasteiger partial charge < -0.3 is 10.6 Å². The van der Waals surface area contributed by atoms with E-state index in [1.807, 2.05) is 18.3 Å². The largest absolute Gasteiger partial charge is 0.354 e. The van der Waals surface area contributed by atoms with E-state index in [1.54, 1.807) is 16.8 Å². The zero-order chi connectivity index (χ0) is 17.5. The van der Waals surface area contributed by atoms with Crippen LogP contribution in [0.2, 0.25) is 0 Å². The Morgan fingerprint density at radius 3 is 3.04 bits per heavy atom. The molecule has 2 heterocycles. The second-order valence-corrected chi connectivity index (χ2v) is 6.53. The molecular formula is C19H25FN4O. The number of halogens is 1. The normalized spacial score (nSPS) is 17.4. The van der Waals surface area contributed by atoms with Crippen molar-refractivity contribution in [2.24, 2.45) is 0 Å². The molecule has 0 saturated carbocycles. The molecule has 1 aliphatic rings. The Morgan fingerprint density at radius 2 is 2.24 bits per heavy atom. The van der Waals surface area contributed by atoms with Gasteiger partial charge >= 0.3 is 0 Å². The molecule has 3 rings (SSSR count). The lowest BCUT2D eigenvalue weighted by Crippen LogP contribution is -2.30. The molecule has 1 fully saturated rings. The van der Waals surface area contributed by atoms with Crippen molar-refractivity contribution in [1.29, 1.82) is 0 Å². The molecule has 2 aromatic rings. The van der Waals surface area contributed by atoms with E-state index in [4.69, 9.17) is 0 Å². The fraction of sp³-hybridized carbons (Fsp3) is 0.474. The zero-order valence-corrected chi connectivity index (χ0v) is 14.4. The summed E-state index contributed by atoms with van der Waals surface area (Å²) in [6, 6.07) is 8.76. The number of hydrogen-bond acceptors (Lipinski definition) is 3. The van der Waals surface area contributed by atoms with Crippen LogP contribution in [0.3, 0.4) is 0 Å². The molecule has 0 bridgehead atoms. The molecule has 0 aliphatic carbocycles. The maximum absolute atomic E-state index is 13.5. The Labute approximate surface area is 147 Å². The van der Waals surface area contributed by atoms with Gasteiger partial charge in [0.2, 0.25) is 5.91 Å². The summed E-state index contributed by atoms with van der Waals surface area (Å²) in [4.78, 5) is 12.0. The predicted octanol–water partition coefficient (Wildman–Crippen LogP) is 2.24. The van der Waals surface area contributed by atoms with Crippen LogP contribution >= 0.6 is 0 Å². The van der Waals surface area contributed by atoms with Crippen molar-refractivity contribution < 1.29 is 9.18 Å². The number of aromatic nitrogens is 2. The Balaban J connectivity index is 1.39. The van der Waals surface area contributed by atoms with Crippen molar-refractivity contribution in [3.05, 3.63) is 53.6 Å². The number of hydrogen-bond donors (Lipinski definition) is 2. The third-order valence-electron chi connectivity index (χ3n) is 4.58. The molecule has 1 aliphatic heterocycles. The van der Waals surface area contributed by atoms with Crippen molar-refractivity contribution in [2.75, 3.05) is 19.6 Å². The highest BCUT2D eigenvalue weighted by Crippen LogP contribution is 2.21. The predicted molar refractivity (Wildman–Crippen MR) is 94.8 cm³/mol. The second-order valence-electron chi connectivity index (χ2n) is 6.53. The number of nitrogens with zero attached hydrogens (tertiary/aromatic N) is 2. The van der Waals surface area contributed by atoms with Gasteiger partial charge in [-0.2, -0.15) is 5.10 Å². The van der Waals surface area contributed by atoms with Crippen LogP contribution in [0, 0.1) is 5.82 Å². The first-order valence-electron chi connectivity index (χ1n) is 8.96. The van der Waals surface area contributed by atoms with Crippen LogP contribution in [-0.4, -0.2) is 35.3 Å². The smallest absolute Gasteiger partial charge is 0.241 e. The monoisotopic (exact) mass is 344 g/mol. The van der Waals surface area contributed by atoms with Crippen LogP contribution in [0.15, 0.2) is 36.5 Å². The van der Waals surface area contributed by atoms with Gasteiger partial charge in [0.05, 0.1) is 5.69 Å². The minimum absolute atomic E-state index is 0.0649. The van der Waals surface area contributed by atoms with Crippen molar-refractivity contribution in [3.63, 3.8) is 0 Å². The first-order valence-corrected chi connectivity index (χ1v) is 8.96. The number of nitrogens with one attached hydrogen (secondary N) is 2. The average Bonchev–Trinajstić information content (AvgIpc) is 3.09. The number of aryl methyl sites for hydroxylation is 1. The van der Waals surface area contributed by atoms with E-state index in [2.05, 4.69) is 15.7 Å². The molecule has 1 amide bonds. The summed E-state index contributed by atoms with van der Waals surface area (Å²) in [7, 11) is 0. The van der Waals surface area contributed by atoms with Gasteiger partial charge in [-0.3, -0.25) is 9.48 Å². The van der Waals surface area contributed by atoms with Gasteiger partial charge in [-0.15, -0.1) is 0 Å². The highest BCUT2D eigenvalue weighted by atomic mass is 19.1. The Kier molecular flexibility index (Phi) is 6.17. The molecule has 1 saturated heterocycles. The van der Waals surface area contributed by atoms with Crippen LogP contribution in [0.1, 0.15) is 36.4 Å². The minimum atomic E-state index is -0.185. The summed E-state index contributed by atoms with van der Waals surface area (Å²) in [6.07, 6.45) is 5.51. The summed E-state index contributed by atoms with van der Waals surface area (Å²) in [5, 5.41) is 10.8. The zero-order valence-electron chi connectivity index (χ0n) is 14.4. The topological polar surface area (TPSA) is 59.0 Å². The minimum Gasteiger partial charge on any atom is -0.354 e. The molecule has 1 unspecified atom stereocenters. The van der Waals surface area contributed by atoms with Crippen LogP contribution in [0.5, 0.6) is 0 Å². The first-order chi connectivity index (χ1) is 12.2. The van der Waals surface area contributed by atoms with Crippen molar-refractivity contribution >= 4 is 5.91 Å². The maximum Gasteiger partial charge on any atom is 0.241 e. The standard InChI is InChI=1S/C19H25FN4O/c20-17-8-2-1-5-15(17)6-4-11-22-19(25)14-24-12-9-18(23-24)16-7-3-10-21-13-16/h1-2,5,8-9,12,16,21H,3-4,6-7,10-11,13-14H2,(H,22,25). The fourth-order valence-corrected chi connectivity index (χ4v) is 3.20. The molecule has 25 heavy (non-hydrogen) atoms. The van der Waals surface area contributed by atoms with Gasteiger partial charge in [0.1, 0.15) is 12.4 Å². The van der Waals surface area contributed by atoms with Gasteiger partial charge in [0.15, 0.2) is 0 Å². The lowest BCUT2D eigenvalue weighted by atomic mass is 9.97. The molecule has 6 heteroatoms. The van der Waals surface area contributed by atoms with E-state index >= 15 is 0 Å². The highest BCUT2D eigenvalue weighted by molar-refractivity contribution is 5.75. The van der Waals surface area contributed by atoms with Gasteiger partial charge in [-0.25, -0.2) is 4.39 Å². The molecule has 0 spiro atoms. The second kappa shape index (κ2) is 8.76. The fourth-order valence-electron chi connectivity index (χ4n) is 3.20. The molecule has 2 N–H and O–H groups in total. The van der Waals surface area contributed by atoms with Gasteiger partial charge in [0, 0.05) is 25.2 Å². The quantitative estimate of drug-likeness (QED) is 0.758. The third-order valence-corrected chi connectivity index (χ3v) is 4.58. The number of carbonyl (C=O) groups excluding carboxylic acids is 1. The van der Waals surface area contributed by atoms with Crippen LogP contribution in [0.25, 0.3) is 0 Å². The number of carbonyl (C=O) groups is 1. The third kappa shape index (κ3) is 5.13. The van der Waals surface area contributed by atoms with E-state index in [-0.39, 0.29) is 18.3 Å². The maximum atomic E-state index is 13.5. The van der Waals surface area contributed by atoms with E-state index in [9.17, 15) is 9.18 Å². The van der Waals surface area contributed by atoms with E-state index < -0.39 is 0 Å². The Morgan fingerprint density at radius 1 is 1.36 bits per heavy atom. The average molecular weight is 344 g/mol. The summed E-state index contributed by atoms with van der Waals surface area (Å²) >= 11 is 0. The molecular weight excluding hydrogens is 319 g/mol. The Hall–Kier alpha value is -2.21. The Bertz CT molecular complexity index is 694. The van der Waals surface area contributed by atoms with Gasteiger partial charge in [0.25, 0.3) is 0 Å². The van der Waals surface area contributed by atoms with Crippen molar-refractivity contribution in [3.8, 4) is 0 Å². The molecule has 5 nitrogen and oxygen atoms in total. The SMILES string of the molecule is O=C(Cn1ccc(C2CCCNC2)n1)NCCCc1ccccc1F. The number of rotatable bonds is 7. The molecule has 134 valence electrons. The lowest BCUT2D eigenvalue weighted by Gasteiger charge is -2.20. The lowest BCUT2D eigenvalue weighted by molar-refractivity contribution is -0.121. The van der Waals surface area contributed by atoms with Crippen LogP contribution < -0.4 is 10.6 Å². The van der Waals surface area contributed by atoms with E-state index in [0.29, 0.717) is 30.9 Å². The molecule has 1 aromatic heterocycles.